The highest BCUT2D eigenvalue weighted by molar-refractivity contribution is 6.01. The molecule has 0 fully saturated rings. The van der Waals surface area contributed by atoms with E-state index in [2.05, 4.69) is 4.99 Å². The Morgan fingerprint density at radius 2 is 1.70 bits per heavy atom. The van der Waals surface area contributed by atoms with E-state index in [1.54, 1.807) is 36.3 Å². The average molecular weight is 312 g/mol. The number of ether oxygens (including phenoxy) is 2. The molecule has 0 atom stereocenters. The maximum atomic E-state index is 12.2. The van der Waals surface area contributed by atoms with Crippen LogP contribution in [-0.2, 0) is 11.3 Å². The van der Waals surface area contributed by atoms with Gasteiger partial charge in [-0.25, -0.2) is 0 Å². The zero-order valence-electron chi connectivity index (χ0n) is 13.5. The van der Waals surface area contributed by atoms with Crippen LogP contribution in [-0.4, -0.2) is 38.1 Å². The monoisotopic (exact) mass is 312 g/mol. The van der Waals surface area contributed by atoms with Gasteiger partial charge in [-0.1, -0.05) is 30.3 Å². The molecule has 2 rings (SSSR count). The van der Waals surface area contributed by atoms with E-state index >= 15 is 0 Å². The molecule has 23 heavy (non-hydrogen) atoms. The fraction of sp³-hybridized carbons (Fsp3) is 0.222. The van der Waals surface area contributed by atoms with Crippen LogP contribution in [0.3, 0.4) is 0 Å². The number of hydrogen-bond acceptors (Lipinski definition) is 3. The van der Waals surface area contributed by atoms with Gasteiger partial charge in [0.05, 0.1) is 14.2 Å². The predicted molar refractivity (Wildman–Crippen MR) is 89.7 cm³/mol. The molecule has 0 aromatic heterocycles. The number of amidine groups is 1. The summed E-state index contributed by atoms with van der Waals surface area (Å²) in [5.41, 5.74) is 1.59. The van der Waals surface area contributed by atoms with Crippen LogP contribution in [0.5, 0.6) is 5.75 Å². The summed E-state index contributed by atoms with van der Waals surface area (Å²) in [7, 11) is 4.91. The van der Waals surface area contributed by atoms with Gasteiger partial charge < -0.3 is 14.4 Å². The lowest BCUT2D eigenvalue weighted by atomic mass is 10.2. The lowest BCUT2D eigenvalue weighted by molar-refractivity contribution is 0.0996. The van der Waals surface area contributed by atoms with Crippen LogP contribution < -0.4 is 4.74 Å². The van der Waals surface area contributed by atoms with Crippen LogP contribution in [0.15, 0.2) is 59.6 Å². The maximum Gasteiger partial charge on any atom is 0.295 e. The van der Waals surface area contributed by atoms with Crippen molar-refractivity contribution in [1.82, 2.24) is 4.90 Å². The number of carbonyl (C=O) groups is 1. The van der Waals surface area contributed by atoms with Crippen molar-refractivity contribution in [1.29, 1.82) is 0 Å². The van der Waals surface area contributed by atoms with Crippen molar-refractivity contribution in [2.75, 3.05) is 21.3 Å². The predicted octanol–water partition coefficient (Wildman–Crippen LogP) is 2.97. The minimum absolute atomic E-state index is 0.273. The van der Waals surface area contributed by atoms with E-state index in [9.17, 15) is 4.79 Å². The summed E-state index contributed by atoms with van der Waals surface area (Å²) in [6.45, 7) is 0.601. The van der Waals surface area contributed by atoms with E-state index in [0.717, 1.165) is 5.56 Å². The second kappa shape index (κ2) is 7.98. The molecule has 2 aromatic carbocycles. The van der Waals surface area contributed by atoms with Gasteiger partial charge in [0.25, 0.3) is 11.9 Å². The van der Waals surface area contributed by atoms with Gasteiger partial charge in [-0.3, -0.25) is 4.79 Å². The highest BCUT2D eigenvalue weighted by atomic mass is 16.5. The summed E-state index contributed by atoms with van der Waals surface area (Å²) >= 11 is 0. The SMILES string of the molecule is COC(=NC(=O)c1ccc(OC)cc1)N(C)Cc1ccccc1. The molecule has 0 unspecified atom stereocenters. The van der Waals surface area contributed by atoms with Gasteiger partial charge in [0.2, 0.25) is 0 Å². The zero-order chi connectivity index (χ0) is 16.7. The molecule has 0 saturated carbocycles. The smallest absolute Gasteiger partial charge is 0.295 e. The number of nitrogens with zero attached hydrogens (tertiary/aromatic N) is 2. The molecule has 1 amide bonds. The number of amides is 1. The van der Waals surface area contributed by atoms with E-state index in [-0.39, 0.29) is 11.9 Å². The fourth-order valence-electron chi connectivity index (χ4n) is 2.10. The summed E-state index contributed by atoms with van der Waals surface area (Å²) in [5.74, 6) is 0.336. The van der Waals surface area contributed by atoms with Crippen molar-refractivity contribution >= 4 is 11.9 Å². The quantitative estimate of drug-likeness (QED) is 0.643. The molecule has 0 heterocycles. The Morgan fingerprint density at radius 3 is 2.26 bits per heavy atom. The first-order chi connectivity index (χ1) is 11.1. The Hall–Kier alpha value is -2.82. The van der Waals surface area contributed by atoms with Gasteiger partial charge in [0.15, 0.2) is 0 Å². The molecular formula is C18H20N2O3. The van der Waals surface area contributed by atoms with Gasteiger partial charge in [0, 0.05) is 19.2 Å². The van der Waals surface area contributed by atoms with Crippen LogP contribution in [0.2, 0.25) is 0 Å². The van der Waals surface area contributed by atoms with Crippen LogP contribution in [0.1, 0.15) is 15.9 Å². The third kappa shape index (κ3) is 4.57. The van der Waals surface area contributed by atoms with Crippen LogP contribution in [0, 0.1) is 0 Å². The number of methoxy groups -OCH3 is 2. The van der Waals surface area contributed by atoms with Crippen molar-refractivity contribution in [3.8, 4) is 5.75 Å². The summed E-state index contributed by atoms with van der Waals surface area (Å²) < 4.78 is 10.3. The van der Waals surface area contributed by atoms with Crippen molar-refractivity contribution in [3.63, 3.8) is 0 Å². The minimum Gasteiger partial charge on any atom is -0.497 e. The average Bonchev–Trinajstić information content (AvgIpc) is 2.60. The molecule has 5 heteroatoms. The topological polar surface area (TPSA) is 51.1 Å². The third-order valence-corrected chi connectivity index (χ3v) is 3.31. The molecule has 0 N–H and O–H groups in total. The minimum atomic E-state index is -0.357. The van der Waals surface area contributed by atoms with E-state index in [4.69, 9.17) is 9.47 Å². The van der Waals surface area contributed by atoms with Crippen molar-refractivity contribution in [3.05, 3.63) is 65.7 Å². The van der Waals surface area contributed by atoms with Gasteiger partial charge in [-0.2, -0.15) is 4.99 Å². The summed E-state index contributed by atoms with van der Waals surface area (Å²) in [4.78, 5) is 18.1. The second-order valence-electron chi connectivity index (χ2n) is 4.97. The van der Waals surface area contributed by atoms with Gasteiger partial charge in [0.1, 0.15) is 5.75 Å². The van der Waals surface area contributed by atoms with E-state index in [1.165, 1.54) is 7.11 Å². The Bertz CT molecular complexity index is 666. The number of benzene rings is 2. The number of aliphatic imine (C=N–C) groups is 1. The van der Waals surface area contributed by atoms with Crippen LogP contribution in [0.25, 0.3) is 0 Å². The Balaban J connectivity index is 2.11. The third-order valence-electron chi connectivity index (χ3n) is 3.31. The number of rotatable bonds is 4. The van der Waals surface area contributed by atoms with E-state index in [1.807, 2.05) is 37.4 Å². The normalized spacial score (nSPS) is 11.0. The van der Waals surface area contributed by atoms with Crippen molar-refractivity contribution in [2.45, 2.75) is 6.54 Å². The molecule has 5 nitrogen and oxygen atoms in total. The molecule has 0 bridgehead atoms. The van der Waals surface area contributed by atoms with Crippen LogP contribution >= 0.6 is 0 Å². The molecule has 2 aromatic rings. The van der Waals surface area contributed by atoms with Gasteiger partial charge >= 0.3 is 0 Å². The lowest BCUT2D eigenvalue weighted by Gasteiger charge is -2.19. The van der Waals surface area contributed by atoms with E-state index < -0.39 is 0 Å². The molecule has 0 spiro atoms. The van der Waals surface area contributed by atoms with E-state index in [0.29, 0.717) is 17.9 Å². The first kappa shape index (κ1) is 16.5. The molecule has 0 saturated heterocycles. The van der Waals surface area contributed by atoms with Crippen LogP contribution in [0.4, 0.5) is 0 Å². The second-order valence-corrected chi connectivity index (χ2v) is 4.97. The fourth-order valence-corrected chi connectivity index (χ4v) is 2.10. The Kier molecular flexibility index (Phi) is 5.74. The largest absolute Gasteiger partial charge is 0.497 e. The first-order valence-electron chi connectivity index (χ1n) is 7.20. The standard InChI is InChI=1S/C18H20N2O3/c1-20(13-14-7-5-4-6-8-14)18(23-3)19-17(21)15-9-11-16(22-2)12-10-15/h4-12H,13H2,1-3H3. The summed E-state index contributed by atoms with van der Waals surface area (Å²) in [6.07, 6.45) is 0. The van der Waals surface area contributed by atoms with Crippen molar-refractivity contribution in [2.24, 2.45) is 4.99 Å². The lowest BCUT2D eigenvalue weighted by Crippen LogP contribution is -2.28. The first-order valence-corrected chi connectivity index (χ1v) is 7.20. The zero-order valence-corrected chi connectivity index (χ0v) is 13.5. The highest BCUT2D eigenvalue weighted by Crippen LogP contribution is 2.12. The van der Waals surface area contributed by atoms with Gasteiger partial charge in [-0.05, 0) is 29.8 Å². The molecule has 0 radical (unpaired) electrons. The highest BCUT2D eigenvalue weighted by Gasteiger charge is 2.12. The summed E-state index contributed by atoms with van der Waals surface area (Å²) in [6, 6.07) is 17.0. The molecule has 0 aliphatic carbocycles. The molecule has 120 valence electrons. The molecule has 0 aliphatic rings. The Morgan fingerprint density at radius 1 is 1.04 bits per heavy atom. The number of carbonyl (C=O) groups excluding carboxylic acids is 1. The number of hydrogen-bond donors (Lipinski definition) is 0. The maximum absolute atomic E-state index is 12.2. The summed E-state index contributed by atoms with van der Waals surface area (Å²) in [5, 5.41) is 0. The van der Waals surface area contributed by atoms with Crippen molar-refractivity contribution < 1.29 is 14.3 Å². The molecule has 0 aliphatic heterocycles. The van der Waals surface area contributed by atoms with Gasteiger partial charge in [-0.15, -0.1) is 0 Å². The molecular weight excluding hydrogens is 292 g/mol. The Labute approximate surface area is 136 Å².